The van der Waals surface area contributed by atoms with E-state index in [2.05, 4.69) is 0 Å². The molecule has 0 bridgehead atoms. The number of carbonyl (C=O) groups excluding carboxylic acids is 1. The third-order valence-electron chi connectivity index (χ3n) is 3.34. The van der Waals surface area contributed by atoms with Gasteiger partial charge in [-0.2, -0.15) is 0 Å². The van der Waals surface area contributed by atoms with Gasteiger partial charge in [0.05, 0.1) is 25.2 Å². The fourth-order valence-electron chi connectivity index (χ4n) is 2.05. The second-order valence-corrected chi connectivity index (χ2v) is 4.34. The second kappa shape index (κ2) is 5.97. The van der Waals surface area contributed by atoms with E-state index in [1.807, 2.05) is 6.92 Å². The molecular weight excluding hydrogens is 224 g/mol. The first-order valence-electron chi connectivity index (χ1n) is 5.80. The molecule has 3 N–H and O–H groups in total. The average Bonchev–Trinajstić information content (AvgIpc) is 2.78. The number of hydrogen-bond acceptors (Lipinski definition) is 4. The van der Waals surface area contributed by atoms with Gasteiger partial charge < -0.3 is 20.5 Å². The topological polar surface area (TPSA) is 92.9 Å². The van der Waals surface area contributed by atoms with Crippen molar-refractivity contribution >= 4 is 11.9 Å². The molecule has 1 rings (SSSR count). The lowest BCUT2D eigenvalue weighted by Gasteiger charge is -2.29. The molecule has 3 atom stereocenters. The van der Waals surface area contributed by atoms with E-state index in [-0.39, 0.29) is 37.6 Å². The summed E-state index contributed by atoms with van der Waals surface area (Å²) in [6.07, 6.45) is 0.658. The molecule has 1 fully saturated rings. The predicted molar refractivity (Wildman–Crippen MR) is 61.3 cm³/mol. The molecule has 0 aromatic carbocycles. The molecule has 0 aromatic heterocycles. The molecule has 6 heteroatoms. The maximum absolute atomic E-state index is 12.1. The summed E-state index contributed by atoms with van der Waals surface area (Å²) in [5.74, 6) is -1.90. The minimum absolute atomic E-state index is 0.100. The lowest BCUT2D eigenvalue weighted by molar-refractivity contribution is -0.145. The summed E-state index contributed by atoms with van der Waals surface area (Å²) in [7, 11) is 1.62. The molecule has 3 unspecified atom stereocenters. The highest BCUT2D eigenvalue weighted by Crippen LogP contribution is 2.21. The fraction of sp³-hybridized carbons (Fsp3) is 0.818. The standard InChI is InChI=1S/C11H20N2O4/c1-3-7(4-12)10(14)13(2)9-6-17-5-8(9)11(15)16/h7-9H,3-6,12H2,1-2H3,(H,15,16). The smallest absolute Gasteiger partial charge is 0.311 e. The van der Waals surface area contributed by atoms with Crippen LogP contribution in [0, 0.1) is 11.8 Å². The first-order chi connectivity index (χ1) is 8.02. The Kier molecular flexibility index (Phi) is 4.89. The number of carboxylic acids is 1. The van der Waals surface area contributed by atoms with E-state index in [4.69, 9.17) is 15.6 Å². The lowest BCUT2D eigenvalue weighted by Crippen LogP contribution is -2.47. The predicted octanol–water partition coefficient (Wildman–Crippen LogP) is -0.471. The first-order valence-corrected chi connectivity index (χ1v) is 5.80. The zero-order valence-electron chi connectivity index (χ0n) is 10.3. The van der Waals surface area contributed by atoms with Gasteiger partial charge in [-0.1, -0.05) is 6.92 Å². The van der Waals surface area contributed by atoms with Crippen LogP contribution in [-0.4, -0.2) is 54.7 Å². The van der Waals surface area contributed by atoms with Gasteiger partial charge in [-0.05, 0) is 6.42 Å². The lowest BCUT2D eigenvalue weighted by atomic mass is 9.99. The molecule has 1 amide bonds. The Morgan fingerprint density at radius 1 is 1.53 bits per heavy atom. The highest BCUT2D eigenvalue weighted by atomic mass is 16.5. The minimum Gasteiger partial charge on any atom is -0.481 e. The van der Waals surface area contributed by atoms with E-state index >= 15 is 0 Å². The molecule has 1 heterocycles. The molecule has 1 aliphatic rings. The van der Waals surface area contributed by atoms with E-state index in [0.29, 0.717) is 6.42 Å². The van der Waals surface area contributed by atoms with Gasteiger partial charge in [0, 0.05) is 13.6 Å². The molecule has 0 saturated carbocycles. The molecule has 0 spiro atoms. The SMILES string of the molecule is CCC(CN)C(=O)N(C)C1COCC1C(=O)O. The van der Waals surface area contributed by atoms with E-state index in [1.165, 1.54) is 4.90 Å². The van der Waals surface area contributed by atoms with Crippen molar-refractivity contribution in [1.82, 2.24) is 4.90 Å². The number of aliphatic carboxylic acids is 1. The maximum atomic E-state index is 12.1. The first kappa shape index (κ1) is 13.9. The van der Waals surface area contributed by atoms with Gasteiger partial charge in [-0.15, -0.1) is 0 Å². The normalized spacial score (nSPS) is 25.6. The van der Waals surface area contributed by atoms with Crippen LogP contribution in [0.4, 0.5) is 0 Å². The number of likely N-dealkylation sites (N-methyl/N-ethyl adjacent to an activating group) is 1. The third kappa shape index (κ3) is 2.95. The molecule has 1 saturated heterocycles. The van der Waals surface area contributed by atoms with Gasteiger partial charge in [0.15, 0.2) is 0 Å². The molecule has 0 aromatic rings. The van der Waals surface area contributed by atoms with E-state index in [1.54, 1.807) is 7.05 Å². The third-order valence-corrected chi connectivity index (χ3v) is 3.34. The molecule has 0 radical (unpaired) electrons. The van der Waals surface area contributed by atoms with Crippen molar-refractivity contribution in [3.05, 3.63) is 0 Å². The van der Waals surface area contributed by atoms with Crippen LogP contribution < -0.4 is 5.73 Å². The van der Waals surface area contributed by atoms with Crippen molar-refractivity contribution in [2.45, 2.75) is 19.4 Å². The van der Waals surface area contributed by atoms with Crippen molar-refractivity contribution in [3.8, 4) is 0 Å². The van der Waals surface area contributed by atoms with Crippen LogP contribution in [-0.2, 0) is 14.3 Å². The highest BCUT2D eigenvalue weighted by Gasteiger charge is 2.39. The number of carboxylic acid groups (broad SMARTS) is 1. The molecule has 1 aliphatic heterocycles. The summed E-state index contributed by atoms with van der Waals surface area (Å²) in [4.78, 5) is 24.5. The van der Waals surface area contributed by atoms with Gasteiger partial charge >= 0.3 is 5.97 Å². The Morgan fingerprint density at radius 3 is 2.65 bits per heavy atom. The van der Waals surface area contributed by atoms with Crippen molar-refractivity contribution < 1.29 is 19.4 Å². The van der Waals surface area contributed by atoms with Crippen LogP contribution in [0.5, 0.6) is 0 Å². The van der Waals surface area contributed by atoms with Crippen LogP contribution in [0.15, 0.2) is 0 Å². The number of hydrogen-bond donors (Lipinski definition) is 2. The summed E-state index contributed by atoms with van der Waals surface area (Å²) < 4.78 is 5.14. The average molecular weight is 244 g/mol. The van der Waals surface area contributed by atoms with Crippen molar-refractivity contribution in [3.63, 3.8) is 0 Å². The summed E-state index contributed by atoms with van der Waals surface area (Å²) in [6, 6.07) is -0.388. The summed E-state index contributed by atoms with van der Waals surface area (Å²) in [5.41, 5.74) is 5.52. The maximum Gasteiger partial charge on any atom is 0.311 e. The number of carbonyl (C=O) groups is 2. The van der Waals surface area contributed by atoms with Crippen LogP contribution in [0.2, 0.25) is 0 Å². The number of rotatable bonds is 5. The Morgan fingerprint density at radius 2 is 2.18 bits per heavy atom. The Balaban J connectivity index is 2.71. The van der Waals surface area contributed by atoms with E-state index in [0.717, 1.165) is 0 Å². The Labute approximate surface area is 101 Å². The minimum atomic E-state index is -0.923. The Bertz CT molecular complexity index is 291. The van der Waals surface area contributed by atoms with Gasteiger partial charge in [0.25, 0.3) is 0 Å². The molecule has 6 nitrogen and oxygen atoms in total. The van der Waals surface area contributed by atoms with Gasteiger partial charge in [-0.25, -0.2) is 0 Å². The van der Waals surface area contributed by atoms with Gasteiger partial charge in [0.1, 0.15) is 5.92 Å². The zero-order chi connectivity index (χ0) is 13.0. The molecule has 98 valence electrons. The number of amides is 1. The highest BCUT2D eigenvalue weighted by molar-refractivity contribution is 5.80. The quantitative estimate of drug-likeness (QED) is 0.682. The van der Waals surface area contributed by atoms with E-state index < -0.39 is 11.9 Å². The Hall–Kier alpha value is -1.14. The summed E-state index contributed by atoms with van der Waals surface area (Å²) in [6.45, 7) is 2.62. The van der Waals surface area contributed by atoms with Crippen molar-refractivity contribution in [2.75, 3.05) is 26.8 Å². The monoisotopic (exact) mass is 244 g/mol. The number of nitrogens with two attached hydrogens (primary N) is 1. The van der Waals surface area contributed by atoms with Crippen LogP contribution in [0.1, 0.15) is 13.3 Å². The van der Waals surface area contributed by atoms with Crippen molar-refractivity contribution in [2.24, 2.45) is 17.6 Å². The largest absolute Gasteiger partial charge is 0.481 e. The van der Waals surface area contributed by atoms with Gasteiger partial charge in [-0.3, -0.25) is 9.59 Å². The van der Waals surface area contributed by atoms with Crippen LogP contribution >= 0.6 is 0 Å². The molecule has 17 heavy (non-hydrogen) atoms. The zero-order valence-corrected chi connectivity index (χ0v) is 10.3. The summed E-state index contributed by atoms with van der Waals surface area (Å²) >= 11 is 0. The summed E-state index contributed by atoms with van der Waals surface area (Å²) in [5, 5.41) is 9.02. The molecule has 0 aliphatic carbocycles. The van der Waals surface area contributed by atoms with Gasteiger partial charge in [0.2, 0.25) is 5.91 Å². The van der Waals surface area contributed by atoms with Crippen LogP contribution in [0.25, 0.3) is 0 Å². The van der Waals surface area contributed by atoms with Crippen LogP contribution in [0.3, 0.4) is 0 Å². The van der Waals surface area contributed by atoms with E-state index in [9.17, 15) is 9.59 Å². The fourth-order valence-corrected chi connectivity index (χ4v) is 2.05. The number of ether oxygens (including phenoxy) is 1. The van der Waals surface area contributed by atoms with Crippen molar-refractivity contribution in [1.29, 1.82) is 0 Å². The second-order valence-electron chi connectivity index (χ2n) is 4.34. The molecular formula is C11H20N2O4. The number of nitrogens with zero attached hydrogens (tertiary/aromatic N) is 1.